The summed E-state index contributed by atoms with van der Waals surface area (Å²) in [5, 5.41) is 17.2. The fourth-order valence-corrected chi connectivity index (χ4v) is 18.7. The number of aromatic nitrogens is 3. The molecule has 0 aliphatic carbocycles. The van der Waals surface area contributed by atoms with E-state index in [1.165, 1.54) is 462 Å². The topological polar surface area (TPSA) is 217 Å². The fraction of sp³-hybridized carbons (Fsp3) is 0.800. The molecule has 3 aromatic carbocycles. The van der Waals surface area contributed by atoms with Crippen molar-refractivity contribution in [3.8, 4) is 34.5 Å². The van der Waals surface area contributed by atoms with Gasteiger partial charge in [0.05, 0.1) is 39.6 Å². The number of nitrogens with one attached hydrogen (secondary N) is 6. The molecule has 0 aliphatic heterocycles. The average molecular weight is 1930 g/mol. The molecule has 1 aromatic heterocycles. The van der Waals surface area contributed by atoms with Gasteiger partial charge < -0.3 is 44.4 Å². The molecule has 792 valence electrons. The number of benzene rings is 3. The van der Waals surface area contributed by atoms with E-state index in [1.807, 2.05) is 18.2 Å². The van der Waals surface area contributed by atoms with Crippen molar-refractivity contribution in [1.29, 1.82) is 0 Å². The fourth-order valence-electron chi connectivity index (χ4n) is 18.7. The maximum Gasteiger partial charge on any atom is 0.326 e. The normalized spacial score (nSPS) is 11.3. The molecule has 18 heteroatoms. The molecule has 6 amide bonds. The summed E-state index contributed by atoms with van der Waals surface area (Å²) in [6.07, 6.45) is 107. The van der Waals surface area contributed by atoms with Crippen LogP contribution in [0.4, 0.5) is 49.3 Å². The number of amides is 6. The zero-order valence-corrected chi connectivity index (χ0v) is 90.4. The molecule has 138 heavy (non-hydrogen) atoms. The van der Waals surface area contributed by atoms with Gasteiger partial charge in [0.1, 0.15) is 0 Å². The Hall–Kier alpha value is -6.72. The maximum absolute atomic E-state index is 14.4. The third-order valence-electron chi connectivity index (χ3n) is 27.4. The molecule has 1 heterocycles. The van der Waals surface area contributed by atoms with Crippen LogP contribution in [0.5, 0.6) is 34.5 Å². The van der Waals surface area contributed by atoms with Gasteiger partial charge in [0.25, 0.3) is 0 Å². The lowest BCUT2D eigenvalue weighted by Crippen LogP contribution is -2.26. The van der Waals surface area contributed by atoms with E-state index in [1.54, 1.807) is 36.4 Å². The van der Waals surface area contributed by atoms with Crippen molar-refractivity contribution in [3.63, 3.8) is 0 Å². The van der Waals surface area contributed by atoms with Gasteiger partial charge in [-0.2, -0.15) is 15.0 Å². The number of hydrogen-bond donors (Lipinski definition) is 6. The third-order valence-corrected chi connectivity index (χ3v) is 27.4. The summed E-state index contributed by atoms with van der Waals surface area (Å²) in [7, 11) is 0. The Morgan fingerprint density at radius 1 is 0.167 bits per heavy atom. The number of carbonyl (C=O) groups excluding carboxylic acids is 3. The van der Waals surface area contributed by atoms with Crippen molar-refractivity contribution in [3.05, 3.63) is 54.6 Å². The number of anilines is 6. The summed E-state index contributed by atoms with van der Waals surface area (Å²) in [4.78, 5) is 56.8. The van der Waals surface area contributed by atoms with Crippen LogP contribution in [0, 0.1) is 0 Å². The first kappa shape index (κ1) is 124. The van der Waals surface area contributed by atoms with E-state index in [2.05, 4.69) is 88.4 Å². The van der Waals surface area contributed by atoms with Crippen LogP contribution >= 0.6 is 0 Å². The molecular formula is C120H213N9O9. The van der Waals surface area contributed by atoms with Gasteiger partial charge >= 0.3 is 18.1 Å². The van der Waals surface area contributed by atoms with E-state index < -0.39 is 18.1 Å². The summed E-state index contributed by atoms with van der Waals surface area (Å²) in [6.45, 7) is 16.9. The molecule has 0 saturated carbocycles. The lowest BCUT2D eigenvalue weighted by Gasteiger charge is -2.16. The molecule has 0 bridgehead atoms. The highest BCUT2D eigenvalue weighted by Crippen LogP contribution is 2.36. The first-order chi connectivity index (χ1) is 68.2. The molecule has 0 saturated heterocycles. The number of nitrogens with zero attached hydrogens (tertiary/aromatic N) is 3. The van der Waals surface area contributed by atoms with Gasteiger partial charge in [-0.05, 0) is 74.9 Å². The molecule has 0 radical (unpaired) electrons. The predicted octanol–water partition coefficient (Wildman–Crippen LogP) is 40.0. The van der Waals surface area contributed by atoms with E-state index >= 15 is 0 Å². The van der Waals surface area contributed by atoms with Gasteiger partial charge in [-0.15, -0.1) is 0 Å². The van der Waals surface area contributed by atoms with E-state index in [9.17, 15) is 14.4 Å². The molecule has 0 unspecified atom stereocenters. The maximum atomic E-state index is 14.4. The van der Waals surface area contributed by atoms with Gasteiger partial charge in [0.2, 0.25) is 17.8 Å². The molecule has 0 fully saturated rings. The van der Waals surface area contributed by atoms with E-state index in [0.29, 0.717) is 91.2 Å². The largest absolute Gasteiger partial charge is 0.490 e. The number of rotatable bonds is 102. The van der Waals surface area contributed by atoms with E-state index in [4.69, 9.17) is 28.4 Å². The molecule has 6 N–H and O–H groups in total. The van der Waals surface area contributed by atoms with Crippen LogP contribution in [0.1, 0.15) is 581 Å². The third kappa shape index (κ3) is 73.4. The number of urea groups is 3. The lowest BCUT2D eigenvalue weighted by atomic mass is 10.0. The summed E-state index contributed by atoms with van der Waals surface area (Å²) in [5.74, 6) is 2.84. The SMILES string of the molecule is CCCCCCCCCCCCCCCCOc1ccc(NC(=O)Nc2nc(NC(=O)Nc3ccc(OCCCCCCCCCCCCCCCC)c(OCCCCCCCCCCCCCCCC)c3)nc(NC(=O)Nc3ccc(OCCCCCCCCCCCCCCCC)c(OCCCCCCCCCCCCCCCC)c3)n2)cc1OCCCCCCCCCCCCCCCC. The van der Waals surface area contributed by atoms with Crippen molar-refractivity contribution in [2.24, 2.45) is 0 Å². The zero-order chi connectivity index (χ0) is 98.3. The Morgan fingerprint density at radius 3 is 0.428 bits per heavy atom. The molecule has 4 rings (SSSR count). The summed E-state index contributed by atoms with van der Waals surface area (Å²) in [6, 6.07) is 14.4. The quantitative estimate of drug-likeness (QED) is 0.0228. The Kier molecular flexibility index (Phi) is 84.1. The monoisotopic (exact) mass is 1920 g/mol. The number of carbonyl (C=O) groups is 3. The second kappa shape index (κ2) is 93.9. The van der Waals surface area contributed by atoms with Crippen LogP contribution in [-0.2, 0) is 0 Å². The minimum atomic E-state index is -0.678. The van der Waals surface area contributed by atoms with Crippen LogP contribution in [-0.4, -0.2) is 72.7 Å². The van der Waals surface area contributed by atoms with Gasteiger partial charge in [0, 0.05) is 35.3 Å². The number of ether oxygens (including phenoxy) is 6. The molecule has 4 aromatic rings. The van der Waals surface area contributed by atoms with Crippen molar-refractivity contribution in [1.82, 2.24) is 15.0 Å². The van der Waals surface area contributed by atoms with Crippen LogP contribution in [0.15, 0.2) is 54.6 Å². The van der Waals surface area contributed by atoms with Crippen LogP contribution < -0.4 is 60.3 Å². The first-order valence-corrected chi connectivity index (χ1v) is 59.4. The molecular weight excluding hydrogens is 1710 g/mol. The number of unbranched alkanes of at least 4 members (excludes halogenated alkanes) is 78. The highest BCUT2D eigenvalue weighted by molar-refractivity contribution is 6.02. The highest BCUT2D eigenvalue weighted by Gasteiger charge is 2.20. The Balaban J connectivity index is 1.56. The lowest BCUT2D eigenvalue weighted by molar-refractivity contribution is 0.258. The second-order valence-electron chi connectivity index (χ2n) is 40.7. The molecule has 0 spiro atoms. The number of hydrogen-bond acceptors (Lipinski definition) is 12. The van der Waals surface area contributed by atoms with Gasteiger partial charge in [-0.3, -0.25) is 16.0 Å². The van der Waals surface area contributed by atoms with E-state index in [-0.39, 0.29) is 17.8 Å². The minimum absolute atomic E-state index is 0.241. The van der Waals surface area contributed by atoms with Crippen molar-refractivity contribution >= 4 is 53.0 Å². The van der Waals surface area contributed by atoms with Crippen LogP contribution in [0.3, 0.4) is 0 Å². The Morgan fingerprint density at radius 2 is 0.290 bits per heavy atom. The average Bonchev–Trinajstić information content (AvgIpc) is 0.834. The van der Waals surface area contributed by atoms with Crippen LogP contribution in [0.25, 0.3) is 0 Å². The van der Waals surface area contributed by atoms with Gasteiger partial charge in [-0.1, -0.05) is 542 Å². The molecule has 0 aliphatic rings. The van der Waals surface area contributed by atoms with Crippen molar-refractivity contribution < 1.29 is 42.8 Å². The van der Waals surface area contributed by atoms with Gasteiger partial charge in [0.15, 0.2) is 34.5 Å². The summed E-state index contributed by atoms with van der Waals surface area (Å²) >= 11 is 0. The van der Waals surface area contributed by atoms with E-state index in [0.717, 1.165) is 77.0 Å². The van der Waals surface area contributed by atoms with Crippen LogP contribution in [0.2, 0.25) is 0 Å². The summed E-state index contributed by atoms with van der Waals surface area (Å²) in [5.41, 5.74) is 1.38. The van der Waals surface area contributed by atoms with Crippen molar-refractivity contribution in [2.45, 2.75) is 581 Å². The Labute approximate surface area is 847 Å². The minimum Gasteiger partial charge on any atom is -0.490 e. The second-order valence-corrected chi connectivity index (χ2v) is 40.7. The van der Waals surface area contributed by atoms with Gasteiger partial charge in [-0.25, -0.2) is 14.4 Å². The molecule has 0 atom stereocenters. The summed E-state index contributed by atoms with van der Waals surface area (Å²) < 4.78 is 39.0. The smallest absolute Gasteiger partial charge is 0.326 e. The molecule has 18 nitrogen and oxygen atoms in total. The zero-order valence-electron chi connectivity index (χ0n) is 90.4. The standard InChI is InChI=1S/C120H213N9O9/c1-7-13-19-25-31-37-43-49-55-61-67-73-79-85-97-133-109-94-91-106(103-112(109)136-100-88-82-76-70-64-58-52-46-40-34-28-22-16-10-4)121-118(130)127-115-124-116(128-119(131)122-107-92-95-110(134-98-86-80-74-68-62-56-50-44-38-32-26-20-14-8-2)113(104-107)137-101-89-83-77-71-65-59-53-47-41-35-29-23-17-11-5)126-117(125-115)129-120(132)123-108-93-96-111(135-99-87-81-75-69-63-57-51-45-39-33-27-21-15-9-3)114(105-108)138-102-90-84-78-72-66-60-54-48-42-36-30-24-18-12-6/h91-96,103-105H,7-90,97-102H2,1-6H3,(H6,121,122,123,124,125,126,127,128,129,130,131,132). The predicted molar refractivity (Wildman–Crippen MR) is 592 cm³/mol. The Bertz CT molecular complexity index is 3060. The van der Waals surface area contributed by atoms with Crippen molar-refractivity contribution in [2.75, 3.05) is 71.5 Å². The highest BCUT2D eigenvalue weighted by atomic mass is 16.5. The first-order valence-electron chi connectivity index (χ1n) is 59.4.